The third-order valence-corrected chi connectivity index (χ3v) is 1.66. The smallest absolute Gasteiger partial charge is 0.336 e. The summed E-state index contributed by atoms with van der Waals surface area (Å²) in [5, 5.41) is 8.68. The number of hydrogen-bond acceptors (Lipinski definition) is 3. The maximum absolute atomic E-state index is 10.6. The molecule has 5 N–H and O–H groups in total. The van der Waals surface area contributed by atoms with Crippen molar-refractivity contribution in [3.63, 3.8) is 0 Å². The summed E-state index contributed by atoms with van der Waals surface area (Å²) in [7, 11) is 0. The van der Waals surface area contributed by atoms with Crippen LogP contribution in [0.25, 0.3) is 0 Å². The second-order valence-electron chi connectivity index (χ2n) is 2.60. The molecule has 0 aliphatic heterocycles. The minimum absolute atomic E-state index is 0.196. The number of rotatable bonds is 1. The van der Waals surface area contributed by atoms with Gasteiger partial charge in [-0.05, 0) is 24.6 Å². The number of nitrogen functional groups attached to an aromatic ring is 2. The van der Waals surface area contributed by atoms with Crippen molar-refractivity contribution >= 4 is 17.3 Å². The highest BCUT2D eigenvalue weighted by atomic mass is 16.4. The summed E-state index contributed by atoms with van der Waals surface area (Å²) in [5.41, 5.74) is 12.4. The third kappa shape index (κ3) is 1.32. The zero-order valence-corrected chi connectivity index (χ0v) is 6.66. The molecule has 0 aliphatic rings. The van der Waals surface area contributed by atoms with Gasteiger partial charge < -0.3 is 16.6 Å². The number of hydrogen-bond donors (Lipinski definition) is 3. The number of nitrogens with two attached hydrogens (primary N) is 2. The van der Waals surface area contributed by atoms with Gasteiger partial charge in [0, 0.05) is 0 Å². The monoisotopic (exact) mass is 166 g/mol. The molecule has 1 aromatic carbocycles. The van der Waals surface area contributed by atoms with Crippen molar-refractivity contribution in [2.45, 2.75) is 6.92 Å². The lowest BCUT2D eigenvalue weighted by Crippen LogP contribution is -2.03. The lowest BCUT2D eigenvalue weighted by atomic mass is 10.1. The van der Waals surface area contributed by atoms with Crippen molar-refractivity contribution in [1.82, 2.24) is 0 Å². The fourth-order valence-corrected chi connectivity index (χ4v) is 0.977. The van der Waals surface area contributed by atoms with E-state index in [1.165, 1.54) is 6.07 Å². The molecule has 0 saturated carbocycles. The molecule has 0 atom stereocenters. The summed E-state index contributed by atoms with van der Waals surface area (Å²) in [5.74, 6) is -0.987. The highest BCUT2D eigenvalue weighted by Crippen LogP contribution is 2.20. The van der Waals surface area contributed by atoms with Crippen LogP contribution in [0.3, 0.4) is 0 Å². The largest absolute Gasteiger partial charge is 0.478 e. The van der Waals surface area contributed by atoms with E-state index in [-0.39, 0.29) is 5.56 Å². The number of anilines is 2. The van der Waals surface area contributed by atoms with Gasteiger partial charge >= 0.3 is 5.97 Å². The molecule has 64 valence electrons. The molecule has 0 aliphatic carbocycles. The van der Waals surface area contributed by atoms with E-state index in [0.717, 1.165) is 0 Å². The van der Waals surface area contributed by atoms with Crippen molar-refractivity contribution in [3.8, 4) is 0 Å². The van der Waals surface area contributed by atoms with Gasteiger partial charge in [0.2, 0.25) is 0 Å². The first-order chi connectivity index (χ1) is 5.52. The predicted octanol–water partition coefficient (Wildman–Crippen LogP) is 0.858. The molecule has 0 radical (unpaired) electrons. The molecular formula is C8H10N2O2. The molecule has 0 unspecified atom stereocenters. The number of carboxylic acids is 1. The van der Waals surface area contributed by atoms with E-state index in [2.05, 4.69) is 0 Å². The van der Waals surface area contributed by atoms with E-state index in [9.17, 15) is 4.79 Å². The minimum atomic E-state index is -0.987. The lowest BCUT2D eigenvalue weighted by molar-refractivity contribution is 0.0696. The molecule has 1 rings (SSSR count). The van der Waals surface area contributed by atoms with Gasteiger partial charge in [-0.2, -0.15) is 0 Å². The van der Waals surface area contributed by atoms with Crippen molar-refractivity contribution in [1.29, 1.82) is 0 Å². The van der Waals surface area contributed by atoms with Crippen LogP contribution < -0.4 is 11.5 Å². The normalized spacial score (nSPS) is 9.75. The van der Waals surface area contributed by atoms with Crippen molar-refractivity contribution in [2.24, 2.45) is 0 Å². The Morgan fingerprint density at radius 1 is 1.33 bits per heavy atom. The van der Waals surface area contributed by atoms with Crippen LogP contribution in [-0.4, -0.2) is 11.1 Å². The molecule has 0 saturated heterocycles. The number of carboxylic acid groups (broad SMARTS) is 1. The van der Waals surface area contributed by atoms with E-state index in [1.807, 2.05) is 0 Å². The van der Waals surface area contributed by atoms with Crippen molar-refractivity contribution < 1.29 is 9.90 Å². The Labute approximate surface area is 69.8 Å². The van der Waals surface area contributed by atoms with Crippen LogP contribution in [0.4, 0.5) is 11.4 Å². The van der Waals surface area contributed by atoms with Gasteiger partial charge in [0.25, 0.3) is 0 Å². The summed E-state index contributed by atoms with van der Waals surface area (Å²) in [6, 6.07) is 2.92. The molecule has 0 bridgehead atoms. The summed E-state index contributed by atoms with van der Waals surface area (Å²) in [6.45, 7) is 1.68. The van der Waals surface area contributed by atoms with Crippen LogP contribution in [0.1, 0.15) is 15.9 Å². The third-order valence-electron chi connectivity index (χ3n) is 1.66. The Bertz CT molecular complexity index is 334. The second-order valence-corrected chi connectivity index (χ2v) is 2.60. The Kier molecular flexibility index (Phi) is 1.91. The van der Waals surface area contributed by atoms with Gasteiger partial charge in [-0.1, -0.05) is 0 Å². The summed E-state index contributed by atoms with van der Waals surface area (Å²) in [6.07, 6.45) is 0. The molecular weight excluding hydrogens is 156 g/mol. The van der Waals surface area contributed by atoms with Gasteiger partial charge in [0.1, 0.15) is 0 Å². The zero-order chi connectivity index (χ0) is 9.30. The number of carbonyl (C=O) groups is 1. The fourth-order valence-electron chi connectivity index (χ4n) is 0.977. The number of benzene rings is 1. The maximum Gasteiger partial charge on any atom is 0.336 e. The standard InChI is InChI=1S/C8H10N2O2/c1-4-2-6(9)7(10)3-5(4)8(11)12/h2-3H,9-10H2,1H3,(H,11,12). The SMILES string of the molecule is Cc1cc(N)c(N)cc1C(=O)O. The highest BCUT2D eigenvalue weighted by molar-refractivity contribution is 5.92. The van der Waals surface area contributed by atoms with Crippen LogP contribution in [-0.2, 0) is 0 Å². The molecule has 4 heteroatoms. The summed E-state index contributed by atoms with van der Waals surface area (Å²) in [4.78, 5) is 10.6. The Hall–Kier alpha value is -1.71. The maximum atomic E-state index is 10.6. The molecule has 0 heterocycles. The van der Waals surface area contributed by atoms with Gasteiger partial charge in [-0.15, -0.1) is 0 Å². The van der Waals surface area contributed by atoms with Crippen LogP contribution in [0, 0.1) is 6.92 Å². The van der Waals surface area contributed by atoms with Crippen LogP contribution in [0.5, 0.6) is 0 Å². The van der Waals surface area contributed by atoms with Crippen LogP contribution in [0.2, 0.25) is 0 Å². The fraction of sp³-hybridized carbons (Fsp3) is 0.125. The average Bonchev–Trinajstić information content (AvgIpc) is 1.96. The lowest BCUT2D eigenvalue weighted by Gasteiger charge is -2.04. The van der Waals surface area contributed by atoms with E-state index in [4.69, 9.17) is 16.6 Å². The first-order valence-electron chi connectivity index (χ1n) is 3.41. The molecule has 4 nitrogen and oxygen atoms in total. The second kappa shape index (κ2) is 2.73. The molecule has 0 aromatic heterocycles. The Morgan fingerprint density at radius 2 is 1.83 bits per heavy atom. The summed E-state index contributed by atoms with van der Waals surface area (Å²) >= 11 is 0. The van der Waals surface area contributed by atoms with E-state index in [1.54, 1.807) is 13.0 Å². The predicted molar refractivity (Wildman–Crippen MR) is 47.0 cm³/mol. The topological polar surface area (TPSA) is 89.3 Å². The van der Waals surface area contributed by atoms with Crippen molar-refractivity contribution in [3.05, 3.63) is 23.3 Å². The quantitative estimate of drug-likeness (QED) is 0.540. The van der Waals surface area contributed by atoms with E-state index < -0.39 is 5.97 Å². The van der Waals surface area contributed by atoms with Gasteiger partial charge in [-0.3, -0.25) is 0 Å². The first kappa shape index (κ1) is 8.39. The zero-order valence-electron chi connectivity index (χ0n) is 6.66. The summed E-state index contributed by atoms with van der Waals surface area (Å²) < 4.78 is 0. The Balaban J connectivity index is 3.33. The molecule has 0 amide bonds. The van der Waals surface area contributed by atoms with Crippen LogP contribution >= 0.6 is 0 Å². The van der Waals surface area contributed by atoms with E-state index in [0.29, 0.717) is 16.9 Å². The Morgan fingerprint density at radius 3 is 2.33 bits per heavy atom. The van der Waals surface area contributed by atoms with Gasteiger partial charge in [0.05, 0.1) is 16.9 Å². The minimum Gasteiger partial charge on any atom is -0.478 e. The van der Waals surface area contributed by atoms with Crippen molar-refractivity contribution in [2.75, 3.05) is 11.5 Å². The molecule has 1 aromatic rings. The number of aryl methyl sites for hydroxylation is 1. The van der Waals surface area contributed by atoms with Gasteiger partial charge in [-0.25, -0.2) is 4.79 Å². The first-order valence-corrected chi connectivity index (χ1v) is 3.41. The number of aromatic carboxylic acids is 1. The average molecular weight is 166 g/mol. The molecule has 0 spiro atoms. The van der Waals surface area contributed by atoms with E-state index >= 15 is 0 Å². The molecule has 0 fully saturated rings. The highest BCUT2D eigenvalue weighted by Gasteiger charge is 2.08. The van der Waals surface area contributed by atoms with Gasteiger partial charge in [0.15, 0.2) is 0 Å². The molecule has 12 heavy (non-hydrogen) atoms. The van der Waals surface area contributed by atoms with Crippen LogP contribution in [0.15, 0.2) is 12.1 Å².